The summed E-state index contributed by atoms with van der Waals surface area (Å²) in [5, 5.41) is 3.21. The molecule has 4 aliphatic rings. The Morgan fingerprint density at radius 3 is 1.41 bits per heavy atom. The number of hydrogen-bond donors (Lipinski definition) is 1. The highest BCUT2D eigenvalue weighted by Gasteiger charge is 2.32. The first-order valence-electron chi connectivity index (χ1n) is 20.6. The zero-order valence-electron chi connectivity index (χ0n) is 35.8. The molecule has 0 aliphatic carbocycles. The molecule has 4 aromatic rings. The minimum atomic E-state index is -0.417. The first-order chi connectivity index (χ1) is 30.5. The third-order valence-corrected chi connectivity index (χ3v) is 10.8. The van der Waals surface area contributed by atoms with Crippen molar-refractivity contribution >= 4 is 53.6 Å². The number of Topliss-reactive ketones (excluding diaryl/α,β-unsaturated/α-hetero) is 1. The van der Waals surface area contributed by atoms with E-state index < -0.39 is 23.6 Å². The summed E-state index contributed by atoms with van der Waals surface area (Å²) < 4.78 is 46.8. The van der Waals surface area contributed by atoms with E-state index in [1.54, 1.807) is 87.5 Å². The lowest BCUT2D eigenvalue weighted by atomic mass is 10.1. The van der Waals surface area contributed by atoms with E-state index >= 15 is 0 Å². The van der Waals surface area contributed by atoms with Gasteiger partial charge in [-0.25, -0.2) is 28.0 Å². The third kappa shape index (κ3) is 13.5. The number of amides is 4. The Kier molecular flexibility index (Phi) is 18.5. The number of carbonyl (C=O) groups is 5. The molecule has 0 aromatic heterocycles. The molecule has 4 aromatic carbocycles. The molecule has 0 spiro atoms. The van der Waals surface area contributed by atoms with Gasteiger partial charge in [0.05, 0.1) is 57.7 Å². The summed E-state index contributed by atoms with van der Waals surface area (Å²) in [5.74, 6) is -1.41. The number of benzene rings is 4. The van der Waals surface area contributed by atoms with Crippen LogP contribution < -0.4 is 15.1 Å². The topological polar surface area (TPSA) is 150 Å². The van der Waals surface area contributed by atoms with E-state index in [4.69, 9.17) is 14.2 Å². The standard InChI is InChI=1S/C23H26FN3O4.C20H22FN3O3.C3H4O2.ClH/c1-30-22(28)18-7-5-17(6-8-18)14-27(20-4-2-3-19(24)13-20)23(29)26-11-9-25(10-12-26)21-15-31-16-21;1-27-19(25)16-7-5-15(6-8-16)14-24(18-4-2-3-17(21)13-18)20(26)23-11-9-22-10-12-23;4-3-1-5-2-3;/h2-8,13,21H,9-12,14-16H2,1H3;2-8,13,22H,9-12,14H2,1H3;1-2H2;1H. The second kappa shape index (κ2) is 24.2. The Balaban J connectivity index is 0.000000215. The molecule has 4 fully saturated rings. The number of anilines is 2. The van der Waals surface area contributed by atoms with Crippen LogP contribution in [0.3, 0.4) is 0 Å². The van der Waals surface area contributed by atoms with Crippen LogP contribution in [0, 0.1) is 11.6 Å². The molecular formula is C46H53ClF2N6O9. The van der Waals surface area contributed by atoms with Gasteiger partial charge < -0.3 is 34.1 Å². The fourth-order valence-electron chi connectivity index (χ4n) is 7.02. The van der Waals surface area contributed by atoms with Crippen molar-refractivity contribution in [1.29, 1.82) is 0 Å². The quantitative estimate of drug-likeness (QED) is 0.215. The van der Waals surface area contributed by atoms with Crippen LogP contribution in [-0.4, -0.2) is 144 Å². The number of nitrogens with zero attached hydrogens (tertiary/aromatic N) is 5. The molecule has 4 heterocycles. The summed E-state index contributed by atoms with van der Waals surface area (Å²) in [7, 11) is 2.66. The van der Waals surface area contributed by atoms with Crippen LogP contribution in [0.2, 0.25) is 0 Å². The third-order valence-electron chi connectivity index (χ3n) is 10.8. The Bertz CT molecular complexity index is 2180. The van der Waals surface area contributed by atoms with Crippen LogP contribution in [0.1, 0.15) is 31.8 Å². The first-order valence-corrected chi connectivity index (χ1v) is 20.6. The highest BCUT2D eigenvalue weighted by molar-refractivity contribution is 5.93. The number of ether oxygens (including phenoxy) is 4. The number of nitrogens with one attached hydrogen (secondary N) is 1. The summed E-state index contributed by atoms with van der Waals surface area (Å²) in [6.07, 6.45) is 0. The van der Waals surface area contributed by atoms with Crippen molar-refractivity contribution in [3.8, 4) is 0 Å². The van der Waals surface area contributed by atoms with Crippen molar-refractivity contribution < 1.29 is 51.7 Å². The fourth-order valence-corrected chi connectivity index (χ4v) is 7.02. The van der Waals surface area contributed by atoms with Crippen molar-refractivity contribution in [2.45, 2.75) is 19.1 Å². The van der Waals surface area contributed by atoms with Crippen LogP contribution in [0.4, 0.5) is 29.7 Å². The molecule has 15 nitrogen and oxygen atoms in total. The Morgan fingerprint density at radius 2 is 1.06 bits per heavy atom. The average molecular weight is 907 g/mol. The lowest BCUT2D eigenvalue weighted by molar-refractivity contribution is -0.140. The van der Waals surface area contributed by atoms with Gasteiger partial charge in [0.2, 0.25) is 0 Å². The van der Waals surface area contributed by atoms with E-state index in [0.717, 1.165) is 50.5 Å². The summed E-state index contributed by atoms with van der Waals surface area (Å²) in [5.41, 5.74) is 3.52. The maximum atomic E-state index is 13.9. The number of hydrogen-bond acceptors (Lipinski definition) is 11. The van der Waals surface area contributed by atoms with Gasteiger partial charge in [0.15, 0.2) is 5.78 Å². The highest BCUT2D eigenvalue weighted by atomic mass is 35.5. The average Bonchev–Trinajstić information content (AvgIpc) is 3.29. The van der Waals surface area contributed by atoms with Crippen LogP contribution in [0.15, 0.2) is 97.1 Å². The second-order valence-electron chi connectivity index (χ2n) is 15.1. The summed E-state index contributed by atoms with van der Waals surface area (Å²) in [6.45, 7) is 8.23. The molecule has 0 saturated carbocycles. The molecule has 0 unspecified atom stereocenters. The summed E-state index contributed by atoms with van der Waals surface area (Å²) in [4.78, 5) is 68.6. The first kappa shape index (κ1) is 49.0. The maximum absolute atomic E-state index is 13.9. The smallest absolute Gasteiger partial charge is 0.337 e. The molecule has 4 amide bonds. The van der Waals surface area contributed by atoms with Gasteiger partial charge in [-0.1, -0.05) is 36.4 Å². The Morgan fingerprint density at radius 1 is 0.641 bits per heavy atom. The number of rotatable bonds is 9. The zero-order chi connectivity index (χ0) is 44.7. The number of urea groups is 2. The van der Waals surface area contributed by atoms with Crippen molar-refractivity contribution in [1.82, 2.24) is 20.0 Å². The van der Waals surface area contributed by atoms with Gasteiger partial charge in [0, 0.05) is 63.7 Å². The van der Waals surface area contributed by atoms with E-state index in [9.17, 15) is 32.8 Å². The van der Waals surface area contributed by atoms with Crippen molar-refractivity contribution in [2.75, 3.05) is 103 Å². The lowest BCUT2D eigenvalue weighted by Gasteiger charge is -2.43. The van der Waals surface area contributed by atoms with Gasteiger partial charge in [-0.15, -0.1) is 12.4 Å². The SMILES string of the molecule is COC(=O)c1ccc(CN(C(=O)N2CCN(C3COC3)CC2)c2cccc(F)c2)cc1.COC(=O)c1ccc(CN(C(=O)N2CCNCC2)c2cccc(F)c2)cc1.Cl.O=C1COC1. The van der Waals surface area contributed by atoms with Gasteiger partial charge >= 0.3 is 24.0 Å². The zero-order valence-corrected chi connectivity index (χ0v) is 36.6. The molecule has 0 atom stereocenters. The van der Waals surface area contributed by atoms with Crippen LogP contribution in [-0.2, 0) is 36.8 Å². The van der Waals surface area contributed by atoms with Crippen LogP contribution in [0.25, 0.3) is 0 Å². The van der Waals surface area contributed by atoms with E-state index in [-0.39, 0.29) is 43.3 Å². The number of piperazine rings is 2. The predicted octanol–water partition coefficient (Wildman–Crippen LogP) is 5.41. The highest BCUT2D eigenvalue weighted by Crippen LogP contribution is 2.24. The van der Waals surface area contributed by atoms with E-state index in [0.29, 0.717) is 67.9 Å². The summed E-state index contributed by atoms with van der Waals surface area (Å²) in [6, 6.07) is 25.9. The van der Waals surface area contributed by atoms with Crippen molar-refractivity contribution in [3.05, 3.63) is 131 Å². The minimum Gasteiger partial charge on any atom is -0.465 e. The Hall–Kier alpha value is -5.98. The van der Waals surface area contributed by atoms with Crippen molar-refractivity contribution in [2.24, 2.45) is 0 Å². The molecule has 0 radical (unpaired) electrons. The molecule has 0 bridgehead atoms. The second-order valence-corrected chi connectivity index (χ2v) is 15.1. The fraction of sp³-hybridized carbons (Fsp3) is 0.370. The monoisotopic (exact) mass is 906 g/mol. The summed E-state index contributed by atoms with van der Waals surface area (Å²) >= 11 is 0. The normalized spacial score (nSPS) is 15.9. The number of esters is 2. The lowest BCUT2D eigenvalue weighted by Crippen LogP contribution is -2.59. The number of carbonyl (C=O) groups excluding carboxylic acids is 5. The Labute approximate surface area is 377 Å². The maximum Gasteiger partial charge on any atom is 0.337 e. The minimum absolute atomic E-state index is 0. The number of methoxy groups -OCH3 is 2. The molecule has 4 saturated heterocycles. The van der Waals surface area contributed by atoms with Gasteiger partial charge in [-0.05, 0) is 71.8 Å². The predicted molar refractivity (Wildman–Crippen MR) is 237 cm³/mol. The molecular weight excluding hydrogens is 854 g/mol. The van der Waals surface area contributed by atoms with E-state index in [2.05, 4.69) is 15.0 Å². The van der Waals surface area contributed by atoms with E-state index in [1.165, 1.54) is 38.5 Å². The van der Waals surface area contributed by atoms with Gasteiger partial charge in [-0.2, -0.15) is 0 Å². The van der Waals surface area contributed by atoms with E-state index in [1.807, 2.05) is 4.90 Å². The number of halogens is 3. The molecule has 8 rings (SSSR count). The molecule has 342 valence electrons. The van der Waals surface area contributed by atoms with Crippen molar-refractivity contribution in [3.63, 3.8) is 0 Å². The molecule has 4 aliphatic heterocycles. The molecule has 1 N–H and O–H groups in total. The van der Waals surface area contributed by atoms with Gasteiger partial charge in [-0.3, -0.25) is 19.5 Å². The molecule has 18 heteroatoms. The van der Waals surface area contributed by atoms with Crippen LogP contribution in [0.5, 0.6) is 0 Å². The number of ketones is 1. The van der Waals surface area contributed by atoms with Gasteiger partial charge in [0.1, 0.15) is 24.8 Å². The van der Waals surface area contributed by atoms with Crippen LogP contribution >= 0.6 is 12.4 Å². The van der Waals surface area contributed by atoms with Gasteiger partial charge in [0.25, 0.3) is 0 Å². The largest absolute Gasteiger partial charge is 0.465 e. The molecule has 64 heavy (non-hydrogen) atoms.